The third-order valence-corrected chi connectivity index (χ3v) is 6.12. The average molecular weight is 485 g/mol. The second-order valence-electron chi connectivity index (χ2n) is 6.70. The third-order valence-electron chi connectivity index (χ3n) is 4.40. The number of hydrogen-bond donors (Lipinski definition) is 1. The maximum Gasteiger partial charge on any atom is 0.307 e. The van der Waals surface area contributed by atoms with E-state index in [-0.39, 0.29) is 24.4 Å². The van der Waals surface area contributed by atoms with Gasteiger partial charge in [0.1, 0.15) is 0 Å². The molecule has 2 aromatic carbocycles. The molecular formula is C21H25ClN2O7S. The highest BCUT2D eigenvalue weighted by atomic mass is 35.5. The van der Waals surface area contributed by atoms with Crippen molar-refractivity contribution in [1.82, 2.24) is 9.62 Å². The number of carbonyl (C=O) groups is 2. The van der Waals surface area contributed by atoms with Gasteiger partial charge in [0.25, 0.3) is 5.91 Å². The molecule has 9 nitrogen and oxygen atoms in total. The fourth-order valence-electron chi connectivity index (χ4n) is 2.65. The normalized spacial score (nSPS) is 11.0. The Balaban J connectivity index is 1.77. The molecule has 1 amide bonds. The van der Waals surface area contributed by atoms with Gasteiger partial charge in [0.2, 0.25) is 10.0 Å². The molecule has 0 saturated heterocycles. The van der Waals surface area contributed by atoms with Crippen molar-refractivity contribution >= 4 is 33.5 Å². The number of likely N-dealkylation sites (N-methyl/N-ethyl adjacent to an activating group) is 1. The lowest BCUT2D eigenvalue weighted by molar-refractivity contribution is -0.151. The van der Waals surface area contributed by atoms with Crippen molar-refractivity contribution in [2.24, 2.45) is 0 Å². The van der Waals surface area contributed by atoms with Gasteiger partial charge < -0.3 is 19.1 Å². The standard InChI is InChI=1S/C21H25ClN2O7S/c1-24(13-15-4-9-18(29-2)19(12-15)30-3)20(25)14-31-21(26)10-11-23-32(27,28)17-7-5-16(22)6-8-17/h4-9,12,23H,10-11,13-14H2,1-3H3. The molecule has 0 saturated carbocycles. The molecule has 0 aliphatic rings. The summed E-state index contributed by atoms with van der Waals surface area (Å²) in [7, 11) is 0.854. The number of amides is 1. The van der Waals surface area contributed by atoms with Crippen molar-refractivity contribution in [3.63, 3.8) is 0 Å². The molecule has 0 aliphatic carbocycles. The van der Waals surface area contributed by atoms with Crippen LogP contribution in [0.2, 0.25) is 5.02 Å². The maximum atomic E-state index is 12.2. The lowest BCUT2D eigenvalue weighted by atomic mass is 10.2. The van der Waals surface area contributed by atoms with Crippen molar-refractivity contribution < 1.29 is 32.2 Å². The van der Waals surface area contributed by atoms with Gasteiger partial charge in [0, 0.05) is 25.2 Å². The Hall–Kier alpha value is -2.82. The van der Waals surface area contributed by atoms with Gasteiger partial charge in [-0.05, 0) is 42.0 Å². The number of nitrogens with zero attached hydrogens (tertiary/aromatic N) is 1. The first-order valence-corrected chi connectivity index (χ1v) is 11.4. The summed E-state index contributed by atoms with van der Waals surface area (Å²) in [6.07, 6.45) is -0.223. The van der Waals surface area contributed by atoms with Gasteiger partial charge in [-0.25, -0.2) is 13.1 Å². The number of nitrogens with one attached hydrogen (secondary N) is 1. The summed E-state index contributed by atoms with van der Waals surface area (Å²) in [6, 6.07) is 10.9. The number of hydrogen-bond acceptors (Lipinski definition) is 7. The Bertz CT molecular complexity index is 1040. The van der Waals surface area contributed by atoms with Crippen LogP contribution in [0.5, 0.6) is 11.5 Å². The molecule has 0 heterocycles. The van der Waals surface area contributed by atoms with Crippen LogP contribution in [-0.4, -0.2) is 59.6 Å². The first-order chi connectivity index (χ1) is 15.2. The van der Waals surface area contributed by atoms with Crippen LogP contribution in [0.3, 0.4) is 0 Å². The van der Waals surface area contributed by atoms with Crippen molar-refractivity contribution in [3.05, 3.63) is 53.1 Å². The Labute approximate surface area is 192 Å². The van der Waals surface area contributed by atoms with Crippen LogP contribution in [0.4, 0.5) is 0 Å². The predicted molar refractivity (Wildman–Crippen MR) is 118 cm³/mol. The monoisotopic (exact) mass is 484 g/mol. The zero-order valence-electron chi connectivity index (χ0n) is 18.0. The molecule has 2 rings (SSSR count). The van der Waals surface area contributed by atoms with Crippen LogP contribution >= 0.6 is 11.6 Å². The first-order valence-electron chi connectivity index (χ1n) is 9.52. The lowest BCUT2D eigenvalue weighted by Gasteiger charge is -2.18. The zero-order valence-corrected chi connectivity index (χ0v) is 19.5. The molecule has 0 atom stereocenters. The fourth-order valence-corrected chi connectivity index (χ4v) is 3.81. The summed E-state index contributed by atoms with van der Waals surface area (Å²) < 4.78 is 42.0. The van der Waals surface area contributed by atoms with Crippen LogP contribution in [0.15, 0.2) is 47.4 Å². The number of carbonyl (C=O) groups excluding carboxylic acids is 2. The molecule has 2 aromatic rings. The van der Waals surface area contributed by atoms with Crippen molar-refractivity contribution in [3.8, 4) is 11.5 Å². The van der Waals surface area contributed by atoms with E-state index in [9.17, 15) is 18.0 Å². The largest absolute Gasteiger partial charge is 0.493 e. The molecule has 0 unspecified atom stereocenters. The van der Waals surface area contributed by atoms with Gasteiger partial charge in [-0.3, -0.25) is 9.59 Å². The lowest BCUT2D eigenvalue weighted by Crippen LogP contribution is -2.31. The average Bonchev–Trinajstić information content (AvgIpc) is 2.77. The van der Waals surface area contributed by atoms with Crippen LogP contribution in [-0.2, 0) is 30.9 Å². The predicted octanol–water partition coefficient (Wildman–Crippen LogP) is 2.23. The highest BCUT2D eigenvalue weighted by molar-refractivity contribution is 7.89. The highest BCUT2D eigenvalue weighted by Crippen LogP contribution is 2.27. The topological polar surface area (TPSA) is 111 Å². The van der Waals surface area contributed by atoms with Gasteiger partial charge in [-0.15, -0.1) is 0 Å². The van der Waals surface area contributed by atoms with Crippen LogP contribution in [0.1, 0.15) is 12.0 Å². The summed E-state index contributed by atoms with van der Waals surface area (Å²) in [5.41, 5.74) is 0.807. The third kappa shape index (κ3) is 7.40. The Kier molecular flexibility index (Phi) is 9.30. The first kappa shape index (κ1) is 25.4. The molecule has 0 bridgehead atoms. The second-order valence-corrected chi connectivity index (χ2v) is 8.90. The quantitative estimate of drug-likeness (QED) is 0.487. The molecule has 1 N–H and O–H groups in total. The van der Waals surface area contributed by atoms with Crippen LogP contribution in [0, 0.1) is 0 Å². The van der Waals surface area contributed by atoms with Crippen molar-refractivity contribution in [2.75, 3.05) is 34.4 Å². The van der Waals surface area contributed by atoms with Crippen molar-refractivity contribution in [1.29, 1.82) is 0 Å². The minimum atomic E-state index is -3.77. The minimum Gasteiger partial charge on any atom is -0.493 e. The Morgan fingerprint density at radius 3 is 2.31 bits per heavy atom. The zero-order chi connectivity index (χ0) is 23.7. The SMILES string of the molecule is COc1ccc(CN(C)C(=O)COC(=O)CCNS(=O)(=O)c2ccc(Cl)cc2)cc1OC. The number of ether oxygens (including phenoxy) is 3. The molecule has 0 aromatic heterocycles. The fraction of sp³-hybridized carbons (Fsp3) is 0.333. The van der Waals surface area contributed by atoms with Gasteiger partial charge in [-0.2, -0.15) is 0 Å². The molecule has 0 radical (unpaired) electrons. The van der Waals surface area contributed by atoms with E-state index in [2.05, 4.69) is 4.72 Å². The van der Waals surface area contributed by atoms with E-state index in [4.69, 9.17) is 25.8 Å². The van der Waals surface area contributed by atoms with E-state index in [0.717, 1.165) is 5.56 Å². The van der Waals surface area contributed by atoms with E-state index < -0.39 is 28.5 Å². The Morgan fingerprint density at radius 2 is 1.69 bits per heavy atom. The summed E-state index contributed by atoms with van der Waals surface area (Å²) in [4.78, 5) is 25.5. The van der Waals surface area contributed by atoms with E-state index >= 15 is 0 Å². The van der Waals surface area contributed by atoms with Gasteiger partial charge in [0.05, 0.1) is 25.5 Å². The molecule has 32 heavy (non-hydrogen) atoms. The van der Waals surface area contributed by atoms with Crippen LogP contribution in [0.25, 0.3) is 0 Å². The number of benzene rings is 2. The molecule has 174 valence electrons. The van der Waals surface area contributed by atoms with E-state index in [1.165, 1.54) is 43.4 Å². The highest BCUT2D eigenvalue weighted by Gasteiger charge is 2.16. The van der Waals surface area contributed by atoms with Crippen LogP contribution < -0.4 is 14.2 Å². The summed E-state index contributed by atoms with van der Waals surface area (Å²) in [5, 5.41) is 0.410. The maximum absolute atomic E-state index is 12.2. The van der Waals surface area contributed by atoms with E-state index in [1.807, 2.05) is 0 Å². The number of sulfonamides is 1. The van der Waals surface area contributed by atoms with E-state index in [0.29, 0.717) is 16.5 Å². The van der Waals surface area contributed by atoms with Crippen molar-refractivity contribution in [2.45, 2.75) is 17.9 Å². The number of esters is 1. The molecule has 0 fully saturated rings. The second kappa shape index (κ2) is 11.7. The smallest absolute Gasteiger partial charge is 0.307 e. The number of rotatable bonds is 11. The number of methoxy groups -OCH3 is 2. The molecule has 11 heteroatoms. The summed E-state index contributed by atoms with van der Waals surface area (Å²) in [6.45, 7) is -0.344. The van der Waals surface area contributed by atoms with Gasteiger partial charge in [0.15, 0.2) is 18.1 Å². The molecular weight excluding hydrogens is 460 g/mol. The molecule has 0 aliphatic heterocycles. The van der Waals surface area contributed by atoms with Gasteiger partial charge in [-0.1, -0.05) is 17.7 Å². The minimum absolute atomic E-state index is 0.0298. The van der Waals surface area contributed by atoms with E-state index in [1.54, 1.807) is 25.2 Å². The van der Waals surface area contributed by atoms with Gasteiger partial charge >= 0.3 is 5.97 Å². The summed E-state index contributed by atoms with van der Waals surface area (Å²) in [5.74, 6) is 0.00993. The summed E-state index contributed by atoms with van der Waals surface area (Å²) >= 11 is 5.74. The number of halogens is 1. The molecule has 0 spiro atoms. The Morgan fingerprint density at radius 1 is 1.03 bits per heavy atom.